The Morgan fingerprint density at radius 2 is 1.18 bits per heavy atom. The number of H-pyrrole nitrogens is 1. The van der Waals surface area contributed by atoms with Crippen LogP contribution in [-0.2, 0) is 0 Å². The van der Waals surface area contributed by atoms with Crippen molar-refractivity contribution in [2.75, 3.05) is 0 Å². The molecule has 0 aliphatic heterocycles. The minimum absolute atomic E-state index is 1.21. The lowest BCUT2D eigenvalue weighted by atomic mass is 10.0. The molecular weight excluding hydrogens is 266 g/mol. The van der Waals surface area contributed by atoms with Crippen LogP contribution in [0.2, 0.25) is 0 Å². The zero-order chi connectivity index (χ0) is 14.7. The average molecular weight is 281 g/mol. The molecule has 104 valence electrons. The van der Waals surface area contributed by atoms with Crippen molar-refractivity contribution in [3.8, 4) is 0 Å². The van der Waals surface area contributed by atoms with Gasteiger partial charge in [-0.2, -0.15) is 0 Å². The number of aromatic amines is 1. The summed E-state index contributed by atoms with van der Waals surface area (Å²) in [6.07, 6.45) is 0. The van der Waals surface area contributed by atoms with Crippen LogP contribution in [0.5, 0.6) is 0 Å². The SMILES string of the molecule is Cc1ccc2cc3c(cc2c1)[nH]c1cc2ccccc2cc13. The third-order valence-electron chi connectivity index (χ3n) is 4.58. The fourth-order valence-corrected chi connectivity index (χ4v) is 3.46. The fraction of sp³-hybridized carbons (Fsp3) is 0.0476. The smallest absolute Gasteiger partial charge is 0.0471 e. The number of nitrogens with one attached hydrogen (secondary N) is 1. The van der Waals surface area contributed by atoms with Gasteiger partial charge in [0.1, 0.15) is 0 Å². The number of benzene rings is 4. The van der Waals surface area contributed by atoms with Gasteiger partial charge in [-0.05, 0) is 52.7 Å². The molecule has 0 bridgehead atoms. The van der Waals surface area contributed by atoms with Crippen LogP contribution in [0.15, 0.2) is 66.7 Å². The van der Waals surface area contributed by atoms with E-state index < -0.39 is 0 Å². The van der Waals surface area contributed by atoms with Crippen LogP contribution < -0.4 is 0 Å². The van der Waals surface area contributed by atoms with Gasteiger partial charge in [-0.3, -0.25) is 0 Å². The third kappa shape index (κ3) is 1.59. The first-order valence-electron chi connectivity index (χ1n) is 7.62. The second-order valence-electron chi connectivity index (χ2n) is 6.12. The van der Waals surface area contributed by atoms with E-state index in [9.17, 15) is 0 Å². The van der Waals surface area contributed by atoms with Crippen LogP contribution in [0.1, 0.15) is 5.56 Å². The molecule has 1 nitrogen and oxygen atoms in total. The Labute approximate surface area is 128 Å². The van der Waals surface area contributed by atoms with Crippen molar-refractivity contribution in [3.05, 3.63) is 72.3 Å². The van der Waals surface area contributed by atoms with E-state index in [1.165, 1.54) is 48.9 Å². The summed E-state index contributed by atoms with van der Waals surface area (Å²) < 4.78 is 0. The molecule has 22 heavy (non-hydrogen) atoms. The molecule has 0 atom stereocenters. The van der Waals surface area contributed by atoms with Gasteiger partial charge in [-0.15, -0.1) is 0 Å². The van der Waals surface area contributed by atoms with Crippen molar-refractivity contribution >= 4 is 43.4 Å². The first-order valence-corrected chi connectivity index (χ1v) is 7.62. The Hall–Kier alpha value is -2.80. The highest BCUT2D eigenvalue weighted by molar-refractivity contribution is 6.15. The van der Waals surface area contributed by atoms with E-state index in [-0.39, 0.29) is 0 Å². The van der Waals surface area contributed by atoms with Crippen LogP contribution in [-0.4, -0.2) is 4.98 Å². The Kier molecular flexibility index (Phi) is 2.21. The third-order valence-corrected chi connectivity index (χ3v) is 4.58. The lowest BCUT2D eigenvalue weighted by Crippen LogP contribution is -1.76. The maximum absolute atomic E-state index is 3.58. The summed E-state index contributed by atoms with van der Waals surface area (Å²) in [4.78, 5) is 3.58. The minimum Gasteiger partial charge on any atom is -0.354 e. The van der Waals surface area contributed by atoms with E-state index in [0.29, 0.717) is 0 Å². The second kappa shape index (κ2) is 4.11. The Morgan fingerprint density at radius 1 is 0.591 bits per heavy atom. The van der Waals surface area contributed by atoms with Gasteiger partial charge in [0.2, 0.25) is 0 Å². The van der Waals surface area contributed by atoms with Crippen molar-refractivity contribution in [2.24, 2.45) is 0 Å². The normalized spacial score (nSPS) is 11.9. The summed E-state index contributed by atoms with van der Waals surface area (Å²) in [5.74, 6) is 0. The fourth-order valence-electron chi connectivity index (χ4n) is 3.46. The summed E-state index contributed by atoms with van der Waals surface area (Å²) in [5, 5.41) is 7.77. The van der Waals surface area contributed by atoms with Gasteiger partial charge in [0.25, 0.3) is 0 Å². The van der Waals surface area contributed by atoms with Gasteiger partial charge in [0, 0.05) is 21.8 Å². The van der Waals surface area contributed by atoms with E-state index in [4.69, 9.17) is 0 Å². The molecule has 1 heterocycles. The molecular formula is C21H15N. The Bertz CT molecular complexity index is 1180. The van der Waals surface area contributed by atoms with Crippen LogP contribution in [0.4, 0.5) is 0 Å². The molecule has 0 aliphatic carbocycles. The first kappa shape index (κ1) is 11.8. The maximum Gasteiger partial charge on any atom is 0.0471 e. The van der Waals surface area contributed by atoms with E-state index in [1.807, 2.05) is 0 Å². The predicted molar refractivity (Wildman–Crippen MR) is 95.6 cm³/mol. The molecule has 5 rings (SSSR count). The van der Waals surface area contributed by atoms with Crippen molar-refractivity contribution < 1.29 is 0 Å². The number of hydrogen-bond donors (Lipinski definition) is 1. The lowest BCUT2D eigenvalue weighted by molar-refractivity contribution is 1.50. The minimum atomic E-state index is 1.21. The number of aromatic nitrogens is 1. The standard InChI is InChI=1S/C21H15N/c1-13-6-7-16-10-19-18-9-14-4-2-3-5-15(14)11-20(18)22-21(19)12-17(16)8-13/h2-12,22H,1H3. The molecule has 1 aromatic heterocycles. The van der Waals surface area contributed by atoms with E-state index in [0.717, 1.165) is 0 Å². The molecule has 0 fully saturated rings. The summed E-state index contributed by atoms with van der Waals surface area (Å²) in [6.45, 7) is 2.14. The molecule has 1 N–H and O–H groups in total. The second-order valence-corrected chi connectivity index (χ2v) is 6.12. The molecule has 0 unspecified atom stereocenters. The van der Waals surface area contributed by atoms with Gasteiger partial charge < -0.3 is 4.98 Å². The van der Waals surface area contributed by atoms with Crippen LogP contribution >= 0.6 is 0 Å². The summed E-state index contributed by atoms with van der Waals surface area (Å²) in [7, 11) is 0. The molecule has 1 heteroatoms. The molecule has 0 saturated carbocycles. The van der Waals surface area contributed by atoms with Crippen molar-refractivity contribution in [2.45, 2.75) is 6.92 Å². The molecule has 0 saturated heterocycles. The zero-order valence-electron chi connectivity index (χ0n) is 12.4. The molecule has 4 aromatic carbocycles. The molecule has 0 spiro atoms. The van der Waals surface area contributed by atoms with Crippen molar-refractivity contribution in [1.82, 2.24) is 4.98 Å². The quantitative estimate of drug-likeness (QED) is 0.362. The molecule has 0 radical (unpaired) electrons. The van der Waals surface area contributed by atoms with Crippen LogP contribution in [0.25, 0.3) is 43.4 Å². The number of rotatable bonds is 0. The molecule has 0 aliphatic rings. The highest BCUT2D eigenvalue weighted by Crippen LogP contribution is 2.32. The molecule has 5 aromatic rings. The van der Waals surface area contributed by atoms with Crippen LogP contribution in [0, 0.1) is 6.92 Å². The highest BCUT2D eigenvalue weighted by Gasteiger charge is 2.07. The average Bonchev–Trinajstić information content (AvgIpc) is 2.87. The number of fused-ring (bicyclic) bond motifs is 5. The van der Waals surface area contributed by atoms with E-state index in [2.05, 4.69) is 78.6 Å². The van der Waals surface area contributed by atoms with E-state index in [1.54, 1.807) is 0 Å². The van der Waals surface area contributed by atoms with Gasteiger partial charge in [-0.25, -0.2) is 0 Å². The predicted octanol–water partition coefficient (Wildman–Crippen LogP) is 5.94. The zero-order valence-corrected chi connectivity index (χ0v) is 12.4. The maximum atomic E-state index is 3.58. The lowest BCUT2D eigenvalue weighted by Gasteiger charge is -2.01. The summed E-state index contributed by atoms with van der Waals surface area (Å²) in [6, 6.07) is 24.3. The topological polar surface area (TPSA) is 15.8 Å². The largest absolute Gasteiger partial charge is 0.354 e. The van der Waals surface area contributed by atoms with Gasteiger partial charge in [-0.1, -0.05) is 48.0 Å². The number of aryl methyl sites for hydroxylation is 1. The summed E-state index contributed by atoms with van der Waals surface area (Å²) >= 11 is 0. The van der Waals surface area contributed by atoms with Gasteiger partial charge in [0.15, 0.2) is 0 Å². The monoisotopic (exact) mass is 281 g/mol. The first-order chi connectivity index (χ1) is 10.8. The Balaban J connectivity index is 1.97. The molecule has 0 amide bonds. The summed E-state index contributed by atoms with van der Waals surface area (Å²) in [5.41, 5.74) is 3.72. The van der Waals surface area contributed by atoms with Crippen molar-refractivity contribution in [3.63, 3.8) is 0 Å². The number of hydrogen-bond acceptors (Lipinski definition) is 0. The van der Waals surface area contributed by atoms with Gasteiger partial charge in [0.05, 0.1) is 0 Å². The van der Waals surface area contributed by atoms with Gasteiger partial charge >= 0.3 is 0 Å². The van der Waals surface area contributed by atoms with Crippen LogP contribution in [0.3, 0.4) is 0 Å². The van der Waals surface area contributed by atoms with E-state index >= 15 is 0 Å². The van der Waals surface area contributed by atoms with Crippen molar-refractivity contribution in [1.29, 1.82) is 0 Å². The Morgan fingerprint density at radius 3 is 1.91 bits per heavy atom. The highest BCUT2D eigenvalue weighted by atomic mass is 14.7.